The minimum absolute atomic E-state index is 0. The van der Waals surface area contributed by atoms with Gasteiger partial charge in [-0.1, -0.05) is 24.3 Å². The molecular formula is C55H77N13O17S2Y. The number of rotatable bonds is 37. The van der Waals surface area contributed by atoms with Crippen LogP contribution in [0.25, 0.3) is 22.0 Å². The summed E-state index contributed by atoms with van der Waals surface area (Å²) in [6.07, 6.45) is 6.64. The minimum Gasteiger partial charge on any atom is -0.480 e. The third-order valence-electron chi connectivity index (χ3n) is 13.6. The number of hydrogen-bond acceptors (Lipinski definition) is 20. The normalized spacial score (nSPS) is 14.7. The third kappa shape index (κ3) is 25.6. The fraction of sp³-hybridized carbons (Fsp3) is 0.491. The number of sulfonamides is 2. The van der Waals surface area contributed by atoms with Crippen LogP contribution in [0.1, 0.15) is 29.6 Å². The topological polar surface area (TPSA) is 399 Å². The van der Waals surface area contributed by atoms with E-state index in [0.29, 0.717) is 101 Å². The Hall–Kier alpha value is -6.40. The number of aliphatic carboxylic acids is 4. The van der Waals surface area contributed by atoms with E-state index in [4.69, 9.17) is 14.2 Å². The molecule has 30 nitrogen and oxygen atoms in total. The summed E-state index contributed by atoms with van der Waals surface area (Å²) in [4.78, 5) is 86.4. The second-order valence-electron chi connectivity index (χ2n) is 20.2. The molecule has 6 rings (SSSR count). The van der Waals surface area contributed by atoms with Crippen molar-refractivity contribution in [2.45, 2.75) is 41.6 Å². The van der Waals surface area contributed by atoms with Crippen molar-refractivity contribution in [1.82, 2.24) is 59.4 Å². The number of benzene rings is 3. The Labute approximate surface area is 535 Å². The first-order valence-electron chi connectivity index (χ1n) is 28.2. The monoisotopic (exact) mass is 1350 g/mol. The van der Waals surface area contributed by atoms with E-state index in [2.05, 4.69) is 40.5 Å². The van der Waals surface area contributed by atoms with Crippen LogP contribution >= 0.6 is 0 Å². The van der Waals surface area contributed by atoms with Gasteiger partial charge in [0.1, 0.15) is 6.04 Å². The van der Waals surface area contributed by atoms with Gasteiger partial charge in [0.15, 0.2) is 5.95 Å². The zero-order valence-electron chi connectivity index (χ0n) is 48.7. The van der Waals surface area contributed by atoms with Crippen LogP contribution in [0.4, 0.5) is 5.95 Å². The molecule has 2 amide bonds. The molecule has 0 spiro atoms. The van der Waals surface area contributed by atoms with Crippen molar-refractivity contribution in [1.29, 1.82) is 0 Å². The van der Waals surface area contributed by atoms with E-state index in [1.807, 2.05) is 4.90 Å². The molecule has 10 N–H and O–H groups in total. The van der Waals surface area contributed by atoms with Crippen LogP contribution in [-0.4, -0.2) is 263 Å². The standard InChI is InChI=1S/C55H77N13O17S2.Y/c69-49(37-64-20-22-65(38-50(70)71)24-26-67(40-52(74)75)27-25-66(23-21-64)39-51(72)73)56-15-2-28-83-30-32-85-33-31-84-29-3-16-62-86(79,80)45-9-4-41(5-10-45)42-6-11-46(12-7-42)87(81,82)63-47(54(77)78)36-60-53(76)43-8-13-48-44(34-43)35-61-68(48)19-1-14-57-55-58-17-18-59-55;/h4-13,17-18,34-35,47,62-63H,1-3,14-16,19-33,36-40H2,(H,56,69)(H,60,76)(H,70,71)(H,72,73)(H,74,75)(H,77,78)(H2,57,58,59);/i;1+1. The molecule has 0 aliphatic carbocycles. The predicted octanol–water partition coefficient (Wildman–Crippen LogP) is -0.213. The van der Waals surface area contributed by atoms with E-state index in [9.17, 15) is 66.0 Å². The van der Waals surface area contributed by atoms with Gasteiger partial charge in [-0.3, -0.25) is 53.0 Å². The second-order valence-corrected chi connectivity index (χ2v) is 23.7. The van der Waals surface area contributed by atoms with Crippen molar-refractivity contribution in [3.05, 3.63) is 90.9 Å². The van der Waals surface area contributed by atoms with E-state index in [1.54, 1.807) is 68.3 Å². The van der Waals surface area contributed by atoms with E-state index in [-0.39, 0.29) is 133 Å². The Morgan fingerprint density at radius 2 is 1.09 bits per heavy atom. The summed E-state index contributed by atoms with van der Waals surface area (Å²) in [5.74, 6) is -4.82. The molecule has 0 saturated carbocycles. The molecule has 1 fully saturated rings. The smallest absolute Gasteiger partial charge is 0.323 e. The van der Waals surface area contributed by atoms with Crippen LogP contribution in [0.3, 0.4) is 0 Å². The molecule has 1 unspecified atom stereocenters. The minimum atomic E-state index is -4.38. The van der Waals surface area contributed by atoms with E-state index in [0.717, 1.165) is 11.9 Å². The average Bonchev–Trinajstić information content (AvgIpc) is 2.50. The summed E-state index contributed by atoms with van der Waals surface area (Å²) in [5, 5.41) is 51.7. The number of anilines is 1. The molecule has 5 aromatic rings. The summed E-state index contributed by atoms with van der Waals surface area (Å²) in [5.41, 5.74) is 2.17. The zero-order chi connectivity index (χ0) is 62.6. The van der Waals surface area contributed by atoms with Crippen molar-refractivity contribution in [2.75, 3.05) is 150 Å². The maximum Gasteiger partial charge on any atom is 0.323 e. The van der Waals surface area contributed by atoms with Crippen LogP contribution < -0.4 is 25.4 Å². The molecule has 1 saturated heterocycles. The van der Waals surface area contributed by atoms with Gasteiger partial charge in [-0.25, -0.2) is 26.5 Å². The van der Waals surface area contributed by atoms with Gasteiger partial charge in [-0.05, 0) is 72.9 Å². The summed E-state index contributed by atoms with van der Waals surface area (Å²) in [6, 6.07) is 14.7. The van der Waals surface area contributed by atoms with Crippen LogP contribution in [0.15, 0.2) is 95.1 Å². The van der Waals surface area contributed by atoms with E-state index >= 15 is 0 Å². The van der Waals surface area contributed by atoms with Gasteiger partial charge in [0, 0.05) is 154 Å². The SMILES string of the molecule is O=C(O)CN1CCN(CC(=O)O)CCN(CC(=O)NCCCOCCOCCOCCCNS(=O)(=O)c2ccc(-c3ccc(S(=O)(=O)NC(CNC(=O)c4ccc5c(cnn5CCCNc5ncc[nH]5)c4)C(=O)O)cc3)cc2)CCN(CC(=O)O)CC1.[90Y]. The Morgan fingerprint density at radius 1 is 0.591 bits per heavy atom. The molecule has 479 valence electrons. The number of carboxylic acids is 4. The first-order chi connectivity index (χ1) is 41.7. The molecule has 0 bridgehead atoms. The number of fused-ring (bicyclic) bond motifs is 1. The van der Waals surface area contributed by atoms with Crippen LogP contribution in [0.2, 0.25) is 0 Å². The Morgan fingerprint density at radius 3 is 1.59 bits per heavy atom. The number of hydrogen-bond donors (Lipinski definition) is 10. The summed E-state index contributed by atoms with van der Waals surface area (Å²) >= 11 is 0. The van der Waals surface area contributed by atoms with Crippen molar-refractivity contribution in [3.63, 3.8) is 0 Å². The fourth-order valence-corrected chi connectivity index (χ4v) is 11.3. The first kappa shape index (κ1) is 72.3. The average molecular weight is 1350 g/mol. The maximum absolute atomic E-state index is 13.3. The van der Waals surface area contributed by atoms with E-state index < -0.39 is 62.4 Å². The van der Waals surface area contributed by atoms with Gasteiger partial charge in [0.25, 0.3) is 5.91 Å². The number of aromatic nitrogens is 4. The first-order valence-corrected chi connectivity index (χ1v) is 31.2. The number of carbonyl (C=O) groups is 6. The molecule has 2 aromatic heterocycles. The number of H-pyrrole nitrogens is 1. The van der Waals surface area contributed by atoms with Crippen molar-refractivity contribution in [3.8, 4) is 11.1 Å². The van der Waals surface area contributed by atoms with Crippen molar-refractivity contribution < 1.29 is 113 Å². The number of imidazole rings is 1. The van der Waals surface area contributed by atoms with Crippen LogP contribution in [0, 0.1) is 0 Å². The molecule has 1 radical (unpaired) electrons. The van der Waals surface area contributed by atoms with Gasteiger partial charge in [0.2, 0.25) is 26.0 Å². The van der Waals surface area contributed by atoms with E-state index in [1.165, 1.54) is 36.4 Å². The van der Waals surface area contributed by atoms with Crippen LogP contribution in [0.5, 0.6) is 0 Å². The maximum atomic E-state index is 13.3. The Kier molecular flexibility index (Phi) is 30.9. The zero-order valence-corrected chi connectivity index (χ0v) is 53.1. The summed E-state index contributed by atoms with van der Waals surface area (Å²) < 4.78 is 75.9. The number of aromatic amines is 1. The number of ether oxygens (including phenoxy) is 3. The summed E-state index contributed by atoms with van der Waals surface area (Å²) in [7, 11) is -8.25. The Balaban J connectivity index is 0.0000141. The molecule has 1 aliphatic rings. The molecule has 3 heterocycles. The summed E-state index contributed by atoms with van der Waals surface area (Å²) in [6.45, 7) is 4.51. The van der Waals surface area contributed by atoms with Gasteiger partial charge in [-0.15, -0.1) is 0 Å². The van der Waals surface area contributed by atoms with Crippen LogP contribution in [-0.2, 0) is 97.5 Å². The second kappa shape index (κ2) is 37.6. The molecule has 33 heteroatoms. The van der Waals surface area contributed by atoms with Crippen molar-refractivity contribution >= 4 is 72.6 Å². The number of carbonyl (C=O) groups excluding carboxylic acids is 2. The van der Waals surface area contributed by atoms with Gasteiger partial charge in [-0.2, -0.15) is 9.82 Å². The third-order valence-corrected chi connectivity index (χ3v) is 16.6. The van der Waals surface area contributed by atoms with Gasteiger partial charge >= 0.3 is 23.9 Å². The quantitative estimate of drug-likeness (QED) is 0.0230. The number of carboxylic acid groups (broad SMARTS) is 4. The molecule has 3 aromatic carbocycles. The van der Waals surface area contributed by atoms with Gasteiger partial charge in [0.05, 0.1) is 74.1 Å². The fourth-order valence-electron chi connectivity index (χ4n) is 9.04. The molecular weight excluding hydrogens is 1270 g/mol. The number of amides is 2. The molecule has 1 aliphatic heterocycles. The largest absolute Gasteiger partial charge is 0.480 e. The predicted molar refractivity (Wildman–Crippen MR) is 316 cm³/mol. The number of nitrogens with zero attached hydrogens (tertiary/aromatic N) is 7. The molecule has 1 atom stereocenters. The number of nitrogens with one attached hydrogen (secondary N) is 6. The van der Waals surface area contributed by atoms with Crippen molar-refractivity contribution in [2.24, 2.45) is 0 Å². The number of aryl methyl sites for hydroxylation is 1. The van der Waals surface area contributed by atoms with Gasteiger partial charge < -0.3 is 55.6 Å². The Bertz CT molecular complexity index is 3200. The molecule has 88 heavy (non-hydrogen) atoms.